The van der Waals surface area contributed by atoms with Crippen LogP contribution in [-0.2, 0) is 13.0 Å². The van der Waals surface area contributed by atoms with Crippen molar-refractivity contribution in [2.45, 2.75) is 26.3 Å². The lowest BCUT2D eigenvalue weighted by Crippen LogP contribution is -2.21. The zero-order valence-corrected chi connectivity index (χ0v) is 9.99. The number of nitrogens with two attached hydrogens (primary N) is 1. The largest absolute Gasteiger partial charge is 0.359 e. The third-order valence-corrected chi connectivity index (χ3v) is 3.26. The van der Waals surface area contributed by atoms with Gasteiger partial charge in [-0.3, -0.25) is 9.36 Å². The minimum atomic E-state index is 0.119. The predicted molar refractivity (Wildman–Crippen MR) is 66.1 cm³/mol. The molecule has 0 fully saturated rings. The van der Waals surface area contributed by atoms with Crippen LogP contribution in [0.1, 0.15) is 17.5 Å². The number of rotatable bonds is 3. The van der Waals surface area contributed by atoms with Gasteiger partial charge in [0.05, 0.1) is 0 Å². The molecule has 0 unspecified atom stereocenters. The fourth-order valence-corrected chi connectivity index (χ4v) is 2.39. The zero-order valence-electron chi connectivity index (χ0n) is 9.99. The Hall–Kier alpha value is -1.29. The van der Waals surface area contributed by atoms with E-state index in [-0.39, 0.29) is 5.56 Å². The Labute approximate surface area is 95.7 Å². The molecular formula is C12H19N3O. The van der Waals surface area contributed by atoms with Crippen molar-refractivity contribution in [1.82, 2.24) is 4.57 Å². The van der Waals surface area contributed by atoms with Gasteiger partial charge in [-0.15, -0.1) is 0 Å². The summed E-state index contributed by atoms with van der Waals surface area (Å²) in [6.07, 6.45) is 1.93. The number of aromatic nitrogens is 1. The molecule has 1 aromatic rings. The van der Waals surface area contributed by atoms with Crippen molar-refractivity contribution in [3.05, 3.63) is 27.5 Å². The summed E-state index contributed by atoms with van der Waals surface area (Å²) in [6, 6.07) is 1.74. The highest BCUT2D eigenvalue weighted by Gasteiger charge is 2.21. The first kappa shape index (κ1) is 11.2. The van der Waals surface area contributed by atoms with Gasteiger partial charge in [-0.2, -0.15) is 0 Å². The maximum Gasteiger partial charge on any atom is 0.252 e. The summed E-state index contributed by atoms with van der Waals surface area (Å²) >= 11 is 0. The lowest BCUT2D eigenvalue weighted by atomic mass is 10.0. The molecule has 1 aliphatic heterocycles. The molecule has 0 saturated carbocycles. The summed E-state index contributed by atoms with van der Waals surface area (Å²) in [5, 5.41) is 0. The average molecular weight is 221 g/mol. The van der Waals surface area contributed by atoms with Crippen molar-refractivity contribution < 1.29 is 0 Å². The predicted octanol–water partition coefficient (Wildman–Crippen LogP) is 0.498. The molecular weight excluding hydrogens is 202 g/mol. The number of aryl methyl sites for hydroxylation is 1. The third kappa shape index (κ3) is 1.73. The fourth-order valence-electron chi connectivity index (χ4n) is 2.39. The lowest BCUT2D eigenvalue weighted by Gasteiger charge is -2.18. The van der Waals surface area contributed by atoms with E-state index >= 15 is 0 Å². The van der Waals surface area contributed by atoms with Gasteiger partial charge >= 0.3 is 0 Å². The van der Waals surface area contributed by atoms with Crippen LogP contribution in [0.25, 0.3) is 0 Å². The Morgan fingerprint density at radius 1 is 1.44 bits per heavy atom. The van der Waals surface area contributed by atoms with Crippen molar-refractivity contribution in [2.75, 3.05) is 25.0 Å². The standard InChI is InChI=1S/C12H19N3O/c1-9-8-11(16)15-7-6-14(2)12(15)10(9)4-3-5-13/h8H,3-7,13H2,1-2H3. The van der Waals surface area contributed by atoms with Crippen LogP contribution >= 0.6 is 0 Å². The quantitative estimate of drug-likeness (QED) is 0.808. The van der Waals surface area contributed by atoms with E-state index in [9.17, 15) is 4.79 Å². The van der Waals surface area contributed by atoms with Gasteiger partial charge in [0.1, 0.15) is 5.82 Å². The third-order valence-electron chi connectivity index (χ3n) is 3.26. The summed E-state index contributed by atoms with van der Waals surface area (Å²) in [4.78, 5) is 14.0. The van der Waals surface area contributed by atoms with Gasteiger partial charge in [0, 0.05) is 26.2 Å². The first-order chi connectivity index (χ1) is 7.65. The number of hydrogen-bond donors (Lipinski definition) is 1. The second-order valence-corrected chi connectivity index (χ2v) is 4.43. The molecule has 0 spiro atoms. The van der Waals surface area contributed by atoms with Crippen LogP contribution in [0.4, 0.5) is 5.82 Å². The van der Waals surface area contributed by atoms with Crippen molar-refractivity contribution in [2.24, 2.45) is 5.73 Å². The molecule has 0 aromatic carbocycles. The molecule has 0 aliphatic carbocycles. The van der Waals surface area contributed by atoms with Gasteiger partial charge in [-0.05, 0) is 37.4 Å². The van der Waals surface area contributed by atoms with E-state index in [0.717, 1.165) is 37.3 Å². The molecule has 2 N–H and O–H groups in total. The Morgan fingerprint density at radius 3 is 2.88 bits per heavy atom. The van der Waals surface area contributed by atoms with Gasteiger partial charge in [0.15, 0.2) is 0 Å². The van der Waals surface area contributed by atoms with E-state index in [4.69, 9.17) is 5.73 Å². The smallest absolute Gasteiger partial charge is 0.252 e. The molecule has 0 radical (unpaired) electrons. The first-order valence-electron chi connectivity index (χ1n) is 5.79. The molecule has 4 heteroatoms. The maximum atomic E-state index is 11.8. The summed E-state index contributed by atoms with van der Waals surface area (Å²) in [5.74, 6) is 1.10. The number of nitrogens with zero attached hydrogens (tertiary/aromatic N) is 2. The van der Waals surface area contributed by atoms with Crippen molar-refractivity contribution in [1.29, 1.82) is 0 Å². The van der Waals surface area contributed by atoms with Crippen LogP contribution in [0.2, 0.25) is 0 Å². The average Bonchev–Trinajstić information content (AvgIpc) is 2.61. The monoisotopic (exact) mass is 221 g/mol. The highest BCUT2D eigenvalue weighted by Crippen LogP contribution is 2.26. The van der Waals surface area contributed by atoms with Crippen molar-refractivity contribution >= 4 is 5.82 Å². The summed E-state index contributed by atoms with van der Waals surface area (Å²) < 4.78 is 1.87. The first-order valence-corrected chi connectivity index (χ1v) is 5.79. The van der Waals surface area contributed by atoms with E-state index in [0.29, 0.717) is 6.54 Å². The van der Waals surface area contributed by atoms with Crippen LogP contribution in [0.3, 0.4) is 0 Å². The molecule has 4 nitrogen and oxygen atoms in total. The SMILES string of the molecule is Cc1cc(=O)n2c(c1CCCN)N(C)CC2. The molecule has 0 bridgehead atoms. The Balaban J connectivity index is 2.51. The summed E-state index contributed by atoms with van der Waals surface area (Å²) in [5.41, 5.74) is 8.05. The number of hydrogen-bond acceptors (Lipinski definition) is 3. The minimum Gasteiger partial charge on any atom is -0.359 e. The van der Waals surface area contributed by atoms with E-state index < -0.39 is 0 Å². The second-order valence-electron chi connectivity index (χ2n) is 4.43. The summed E-state index contributed by atoms with van der Waals surface area (Å²) in [6.45, 7) is 4.44. The highest BCUT2D eigenvalue weighted by molar-refractivity contribution is 5.53. The highest BCUT2D eigenvalue weighted by atomic mass is 16.1. The van der Waals surface area contributed by atoms with Gasteiger partial charge in [-0.25, -0.2) is 0 Å². The van der Waals surface area contributed by atoms with Gasteiger partial charge in [0.25, 0.3) is 5.56 Å². The maximum absolute atomic E-state index is 11.8. The Kier molecular flexibility index (Phi) is 3.01. The second kappa shape index (κ2) is 4.29. The topological polar surface area (TPSA) is 51.3 Å². The molecule has 88 valence electrons. The van der Waals surface area contributed by atoms with E-state index in [1.165, 1.54) is 5.56 Å². The number of likely N-dealkylation sites (N-methyl/N-ethyl adjacent to an activating group) is 1. The lowest BCUT2D eigenvalue weighted by molar-refractivity contribution is 0.752. The molecule has 2 heterocycles. The Morgan fingerprint density at radius 2 is 2.19 bits per heavy atom. The van der Waals surface area contributed by atoms with Gasteiger partial charge in [-0.1, -0.05) is 0 Å². The molecule has 16 heavy (non-hydrogen) atoms. The normalized spacial score (nSPS) is 14.3. The van der Waals surface area contributed by atoms with Crippen LogP contribution in [0.15, 0.2) is 10.9 Å². The molecule has 1 aliphatic rings. The summed E-state index contributed by atoms with van der Waals surface area (Å²) in [7, 11) is 2.05. The fraction of sp³-hybridized carbons (Fsp3) is 0.583. The molecule has 0 amide bonds. The van der Waals surface area contributed by atoms with Crippen molar-refractivity contribution in [3.63, 3.8) is 0 Å². The number of pyridine rings is 1. The van der Waals surface area contributed by atoms with E-state index in [1.54, 1.807) is 6.07 Å². The molecule has 0 saturated heterocycles. The zero-order chi connectivity index (χ0) is 11.7. The Bertz CT molecular complexity index is 450. The number of fused-ring (bicyclic) bond motifs is 1. The van der Waals surface area contributed by atoms with Crippen LogP contribution < -0.4 is 16.2 Å². The van der Waals surface area contributed by atoms with Gasteiger partial charge in [0.2, 0.25) is 0 Å². The van der Waals surface area contributed by atoms with Crippen molar-refractivity contribution in [3.8, 4) is 0 Å². The van der Waals surface area contributed by atoms with Crippen LogP contribution in [0.5, 0.6) is 0 Å². The minimum absolute atomic E-state index is 0.119. The van der Waals surface area contributed by atoms with E-state index in [2.05, 4.69) is 4.90 Å². The number of anilines is 1. The van der Waals surface area contributed by atoms with Crippen LogP contribution in [-0.4, -0.2) is 24.7 Å². The molecule has 1 aromatic heterocycles. The molecule has 2 rings (SSSR count). The van der Waals surface area contributed by atoms with E-state index in [1.807, 2.05) is 18.5 Å². The van der Waals surface area contributed by atoms with Crippen LogP contribution in [0, 0.1) is 6.92 Å². The van der Waals surface area contributed by atoms with Gasteiger partial charge < -0.3 is 10.6 Å². The molecule has 0 atom stereocenters.